The molecule has 0 aromatic rings. The van der Waals surface area contributed by atoms with Crippen LogP contribution in [0.3, 0.4) is 0 Å². The number of carbonyl (C=O) groups is 2. The minimum absolute atomic E-state index is 0.0128. The Morgan fingerprint density at radius 2 is 0.868 bits per heavy atom. The Hall–Kier alpha value is -1.40. The molecule has 0 radical (unpaired) electrons. The molecular formula is C47H91NO5. The number of hydrogen-bond acceptors (Lipinski definition) is 5. The van der Waals surface area contributed by atoms with Crippen molar-refractivity contribution < 1.29 is 24.5 Å². The molecule has 314 valence electrons. The molecule has 6 nitrogen and oxygen atoms in total. The monoisotopic (exact) mass is 750 g/mol. The fraction of sp³-hybridized carbons (Fsp3) is 0.915. The van der Waals surface area contributed by atoms with Gasteiger partial charge in [-0.1, -0.05) is 219 Å². The molecule has 0 aromatic heterocycles. The Bertz CT molecular complexity index is 787. The second-order valence-electron chi connectivity index (χ2n) is 16.1. The number of carbonyl (C=O) groups excluding carboxylic acids is 2. The number of allylic oxidation sites excluding steroid dienone is 1. The van der Waals surface area contributed by atoms with E-state index in [9.17, 15) is 19.8 Å². The summed E-state index contributed by atoms with van der Waals surface area (Å²) >= 11 is 0. The fourth-order valence-electron chi connectivity index (χ4n) is 7.16. The SMILES string of the molecule is CCCCCCCCC/C=C/C(O)C(CO)NC(=O)CCCCCCCCCCCCCOC(=O)CCCCCCCCCCCCCCCCCC. The van der Waals surface area contributed by atoms with E-state index in [-0.39, 0.29) is 18.5 Å². The highest BCUT2D eigenvalue weighted by Crippen LogP contribution is 2.16. The lowest BCUT2D eigenvalue weighted by Crippen LogP contribution is -2.45. The quantitative estimate of drug-likeness (QED) is 0.0328. The smallest absolute Gasteiger partial charge is 0.305 e. The van der Waals surface area contributed by atoms with Crippen LogP contribution in [0.25, 0.3) is 0 Å². The highest BCUT2D eigenvalue weighted by Gasteiger charge is 2.18. The number of unbranched alkanes of at least 4 members (excludes halogenated alkanes) is 32. The van der Waals surface area contributed by atoms with Crippen molar-refractivity contribution in [2.24, 2.45) is 0 Å². The molecule has 6 heteroatoms. The van der Waals surface area contributed by atoms with Gasteiger partial charge in [-0.2, -0.15) is 0 Å². The average molecular weight is 750 g/mol. The topological polar surface area (TPSA) is 95.9 Å². The molecule has 0 aliphatic carbocycles. The van der Waals surface area contributed by atoms with Crippen molar-refractivity contribution in [3.8, 4) is 0 Å². The normalized spacial score (nSPS) is 12.8. The molecule has 0 saturated heterocycles. The van der Waals surface area contributed by atoms with E-state index in [1.165, 1.54) is 167 Å². The van der Waals surface area contributed by atoms with E-state index in [0.717, 1.165) is 57.8 Å². The Balaban J connectivity index is 3.45. The Labute approximate surface area is 329 Å². The summed E-state index contributed by atoms with van der Waals surface area (Å²) in [7, 11) is 0. The zero-order chi connectivity index (χ0) is 38.7. The zero-order valence-corrected chi connectivity index (χ0v) is 35.5. The number of rotatable bonds is 43. The third kappa shape index (κ3) is 40.1. The van der Waals surface area contributed by atoms with Crippen LogP contribution in [0.4, 0.5) is 0 Å². The summed E-state index contributed by atoms with van der Waals surface area (Å²) in [5.74, 6) is -0.102. The van der Waals surface area contributed by atoms with Crippen LogP contribution in [0, 0.1) is 0 Å². The summed E-state index contributed by atoms with van der Waals surface area (Å²) < 4.78 is 5.45. The molecule has 53 heavy (non-hydrogen) atoms. The molecule has 0 saturated carbocycles. The van der Waals surface area contributed by atoms with Gasteiger partial charge in [0.2, 0.25) is 5.91 Å². The molecule has 0 bridgehead atoms. The van der Waals surface area contributed by atoms with Gasteiger partial charge in [-0.3, -0.25) is 9.59 Å². The van der Waals surface area contributed by atoms with Crippen LogP contribution in [0.5, 0.6) is 0 Å². The molecule has 0 aliphatic heterocycles. The van der Waals surface area contributed by atoms with Crippen LogP contribution in [0.1, 0.15) is 251 Å². The molecule has 0 fully saturated rings. The Kier molecular flexibility index (Phi) is 42.2. The lowest BCUT2D eigenvalue weighted by molar-refractivity contribution is -0.143. The van der Waals surface area contributed by atoms with Crippen LogP contribution in [0.2, 0.25) is 0 Å². The first-order valence-corrected chi connectivity index (χ1v) is 23.5. The predicted octanol–water partition coefficient (Wildman–Crippen LogP) is 13.4. The van der Waals surface area contributed by atoms with Crippen molar-refractivity contribution >= 4 is 11.9 Å². The number of aliphatic hydroxyl groups excluding tert-OH is 2. The Morgan fingerprint density at radius 3 is 1.28 bits per heavy atom. The summed E-state index contributed by atoms with van der Waals surface area (Å²) in [5.41, 5.74) is 0. The van der Waals surface area contributed by atoms with E-state index in [0.29, 0.717) is 19.4 Å². The maximum Gasteiger partial charge on any atom is 0.305 e. The van der Waals surface area contributed by atoms with Crippen molar-refractivity contribution in [2.45, 2.75) is 264 Å². The van der Waals surface area contributed by atoms with Crippen LogP contribution in [-0.4, -0.2) is 47.4 Å². The number of amides is 1. The van der Waals surface area contributed by atoms with Crippen molar-refractivity contribution in [1.82, 2.24) is 5.32 Å². The standard InChI is InChI=1S/C47H91NO5/c1-3-5-7-9-11-13-14-15-16-17-18-21-25-29-33-37-41-47(52)53-42-38-34-30-26-22-19-20-24-28-32-36-40-46(51)48-44(43-49)45(50)39-35-31-27-23-12-10-8-6-4-2/h35,39,44-45,49-50H,3-34,36-38,40-43H2,1-2H3,(H,48,51)/b39-35+. The zero-order valence-electron chi connectivity index (χ0n) is 35.5. The van der Waals surface area contributed by atoms with Crippen molar-refractivity contribution in [2.75, 3.05) is 13.2 Å². The van der Waals surface area contributed by atoms with E-state index in [4.69, 9.17) is 4.74 Å². The summed E-state index contributed by atoms with van der Waals surface area (Å²) in [6, 6.07) is -0.638. The highest BCUT2D eigenvalue weighted by atomic mass is 16.5. The first-order valence-electron chi connectivity index (χ1n) is 23.5. The largest absolute Gasteiger partial charge is 0.466 e. The summed E-state index contributed by atoms with van der Waals surface area (Å²) in [6.45, 7) is 4.83. The molecule has 0 aromatic carbocycles. The lowest BCUT2D eigenvalue weighted by atomic mass is 10.0. The van der Waals surface area contributed by atoms with E-state index < -0.39 is 12.1 Å². The van der Waals surface area contributed by atoms with E-state index in [2.05, 4.69) is 19.2 Å². The van der Waals surface area contributed by atoms with Gasteiger partial charge in [-0.15, -0.1) is 0 Å². The third-order valence-corrected chi connectivity index (χ3v) is 10.8. The minimum atomic E-state index is -0.852. The number of hydrogen-bond donors (Lipinski definition) is 3. The number of esters is 1. The van der Waals surface area contributed by atoms with Crippen LogP contribution < -0.4 is 5.32 Å². The highest BCUT2D eigenvalue weighted by molar-refractivity contribution is 5.76. The summed E-state index contributed by atoms with van der Waals surface area (Å²) in [4.78, 5) is 24.4. The molecule has 1 amide bonds. The second kappa shape index (κ2) is 43.3. The summed E-state index contributed by atoms with van der Waals surface area (Å²) in [6.07, 6.45) is 47.8. The third-order valence-electron chi connectivity index (χ3n) is 10.8. The molecule has 0 heterocycles. The number of aliphatic hydroxyl groups is 2. The van der Waals surface area contributed by atoms with Gasteiger partial charge in [0.15, 0.2) is 0 Å². The van der Waals surface area contributed by atoms with Crippen LogP contribution >= 0.6 is 0 Å². The van der Waals surface area contributed by atoms with Gasteiger partial charge in [0.05, 0.1) is 25.4 Å². The van der Waals surface area contributed by atoms with Crippen molar-refractivity contribution in [1.29, 1.82) is 0 Å². The van der Waals surface area contributed by atoms with Crippen molar-refractivity contribution in [3.05, 3.63) is 12.2 Å². The maximum absolute atomic E-state index is 12.3. The van der Waals surface area contributed by atoms with E-state index in [1.54, 1.807) is 6.08 Å². The van der Waals surface area contributed by atoms with E-state index >= 15 is 0 Å². The maximum atomic E-state index is 12.3. The minimum Gasteiger partial charge on any atom is -0.466 e. The van der Waals surface area contributed by atoms with Crippen LogP contribution in [0.15, 0.2) is 12.2 Å². The summed E-state index contributed by atoms with van der Waals surface area (Å²) in [5, 5.41) is 22.8. The first-order chi connectivity index (χ1) is 26.0. The molecule has 3 N–H and O–H groups in total. The second-order valence-corrected chi connectivity index (χ2v) is 16.1. The Morgan fingerprint density at radius 1 is 0.509 bits per heavy atom. The molecular weight excluding hydrogens is 659 g/mol. The average Bonchev–Trinajstić information content (AvgIpc) is 3.16. The number of nitrogens with one attached hydrogen (secondary N) is 1. The van der Waals surface area contributed by atoms with Gasteiger partial charge in [-0.25, -0.2) is 0 Å². The van der Waals surface area contributed by atoms with Gasteiger partial charge in [0.1, 0.15) is 0 Å². The molecule has 0 rings (SSSR count). The van der Waals surface area contributed by atoms with Gasteiger partial charge in [0.25, 0.3) is 0 Å². The molecule has 0 spiro atoms. The van der Waals surface area contributed by atoms with E-state index in [1.807, 2.05) is 6.08 Å². The van der Waals surface area contributed by atoms with Gasteiger partial charge >= 0.3 is 5.97 Å². The number of ether oxygens (including phenoxy) is 1. The van der Waals surface area contributed by atoms with Gasteiger partial charge < -0.3 is 20.3 Å². The van der Waals surface area contributed by atoms with Gasteiger partial charge in [0, 0.05) is 12.8 Å². The van der Waals surface area contributed by atoms with Gasteiger partial charge in [-0.05, 0) is 32.1 Å². The first kappa shape index (κ1) is 51.6. The lowest BCUT2D eigenvalue weighted by Gasteiger charge is -2.20. The predicted molar refractivity (Wildman–Crippen MR) is 227 cm³/mol. The molecule has 2 unspecified atom stereocenters. The van der Waals surface area contributed by atoms with Crippen molar-refractivity contribution in [3.63, 3.8) is 0 Å². The molecule has 2 atom stereocenters. The fourth-order valence-corrected chi connectivity index (χ4v) is 7.16. The molecule has 0 aliphatic rings. The van der Waals surface area contributed by atoms with Crippen LogP contribution in [-0.2, 0) is 14.3 Å².